The van der Waals surface area contributed by atoms with Crippen LogP contribution in [0, 0.1) is 5.92 Å². The van der Waals surface area contributed by atoms with Gasteiger partial charge in [-0.15, -0.1) is 0 Å². The van der Waals surface area contributed by atoms with Crippen LogP contribution in [-0.2, 0) is 9.53 Å². The zero-order chi connectivity index (χ0) is 12.8. The molecule has 0 heterocycles. The summed E-state index contributed by atoms with van der Waals surface area (Å²) in [5.41, 5.74) is 2.00. The van der Waals surface area contributed by atoms with E-state index in [1.807, 2.05) is 30.3 Å². The number of carbonyl (C=O) groups excluding carboxylic acids is 1. The van der Waals surface area contributed by atoms with Gasteiger partial charge in [0.05, 0.1) is 0 Å². The minimum atomic E-state index is -0.268. The van der Waals surface area contributed by atoms with E-state index in [2.05, 4.69) is 13.8 Å². The van der Waals surface area contributed by atoms with Gasteiger partial charge in [-0.05, 0) is 23.1 Å². The Morgan fingerprint density at radius 1 is 1.41 bits per heavy atom. The molecule has 1 aromatic rings. The van der Waals surface area contributed by atoms with Crippen LogP contribution in [0.3, 0.4) is 0 Å². The summed E-state index contributed by atoms with van der Waals surface area (Å²) in [6, 6.07) is 7.61. The highest BCUT2D eigenvalue weighted by atomic mass is 35.5. The second-order valence-corrected chi connectivity index (χ2v) is 4.58. The van der Waals surface area contributed by atoms with E-state index in [9.17, 15) is 4.79 Å². The molecule has 0 aliphatic heterocycles. The summed E-state index contributed by atoms with van der Waals surface area (Å²) in [5, 5.41) is 0.702. The molecule has 0 aromatic heterocycles. The van der Waals surface area contributed by atoms with Crippen LogP contribution in [0.5, 0.6) is 0 Å². The number of ether oxygens (including phenoxy) is 1. The predicted octanol–water partition coefficient (Wildman–Crippen LogP) is 3.94. The maximum absolute atomic E-state index is 10.8. The van der Waals surface area contributed by atoms with Gasteiger partial charge in [-0.3, -0.25) is 4.79 Å². The number of rotatable bonds is 4. The second kappa shape index (κ2) is 6.45. The third-order valence-corrected chi connectivity index (χ3v) is 2.77. The number of hydrogen-bond acceptors (Lipinski definition) is 2. The zero-order valence-corrected chi connectivity index (χ0v) is 11.1. The molecule has 1 aromatic carbocycles. The summed E-state index contributed by atoms with van der Waals surface area (Å²) in [6.45, 7) is 5.85. The largest absolute Gasteiger partial charge is 0.461 e. The van der Waals surface area contributed by atoms with Crippen LogP contribution >= 0.6 is 11.6 Å². The molecule has 17 heavy (non-hydrogen) atoms. The van der Waals surface area contributed by atoms with E-state index in [-0.39, 0.29) is 5.97 Å². The lowest BCUT2D eigenvalue weighted by atomic mass is 10.0. The minimum absolute atomic E-state index is 0.268. The molecule has 0 N–H and O–H groups in total. The molecule has 0 aliphatic carbocycles. The molecule has 1 rings (SSSR count). The third-order valence-electron chi connectivity index (χ3n) is 2.43. The molecule has 92 valence electrons. The highest BCUT2D eigenvalue weighted by Crippen LogP contribution is 2.21. The molecular weight excluding hydrogens is 236 g/mol. The smallest absolute Gasteiger partial charge is 0.302 e. The van der Waals surface area contributed by atoms with E-state index in [0.717, 1.165) is 11.1 Å². The van der Waals surface area contributed by atoms with E-state index in [0.29, 0.717) is 17.5 Å². The van der Waals surface area contributed by atoms with Gasteiger partial charge >= 0.3 is 5.97 Å². The molecule has 0 fully saturated rings. The summed E-state index contributed by atoms with van der Waals surface area (Å²) >= 11 is 6.08. The van der Waals surface area contributed by atoms with Gasteiger partial charge in [0.25, 0.3) is 0 Å². The first-order valence-electron chi connectivity index (χ1n) is 5.59. The van der Waals surface area contributed by atoms with Gasteiger partial charge in [-0.1, -0.05) is 49.7 Å². The first-order chi connectivity index (χ1) is 8.00. The Bertz CT molecular complexity index is 422. The summed E-state index contributed by atoms with van der Waals surface area (Å²) in [4.78, 5) is 10.8. The summed E-state index contributed by atoms with van der Waals surface area (Å²) < 4.78 is 5.03. The Morgan fingerprint density at radius 3 is 2.59 bits per heavy atom. The maximum atomic E-state index is 10.8. The van der Waals surface area contributed by atoms with Crippen LogP contribution in [0.2, 0.25) is 5.02 Å². The van der Waals surface area contributed by atoms with Crippen molar-refractivity contribution >= 4 is 23.6 Å². The minimum Gasteiger partial charge on any atom is -0.461 e. The first-order valence-corrected chi connectivity index (χ1v) is 5.97. The fourth-order valence-electron chi connectivity index (χ4n) is 1.35. The Balaban J connectivity index is 2.90. The molecule has 0 aliphatic rings. The van der Waals surface area contributed by atoms with Gasteiger partial charge < -0.3 is 4.74 Å². The van der Waals surface area contributed by atoms with Crippen LogP contribution in [0.15, 0.2) is 29.8 Å². The van der Waals surface area contributed by atoms with Gasteiger partial charge in [0.1, 0.15) is 6.61 Å². The molecular formula is C14H17ClO2. The first kappa shape index (κ1) is 13.8. The molecule has 0 amide bonds. The molecule has 3 heteroatoms. The van der Waals surface area contributed by atoms with Gasteiger partial charge in [0, 0.05) is 11.9 Å². The molecule has 0 saturated heterocycles. The van der Waals surface area contributed by atoms with Gasteiger partial charge in [0.15, 0.2) is 0 Å². The summed E-state index contributed by atoms with van der Waals surface area (Å²) in [5.74, 6) is 0.0429. The van der Waals surface area contributed by atoms with Gasteiger partial charge in [0.2, 0.25) is 0 Å². The van der Waals surface area contributed by atoms with Gasteiger partial charge in [-0.2, -0.15) is 0 Å². The molecule has 0 radical (unpaired) electrons. The second-order valence-electron chi connectivity index (χ2n) is 4.18. The van der Waals surface area contributed by atoms with E-state index in [4.69, 9.17) is 16.3 Å². The predicted molar refractivity (Wildman–Crippen MR) is 70.9 cm³/mol. The fourth-order valence-corrected chi connectivity index (χ4v) is 1.54. The number of hydrogen-bond donors (Lipinski definition) is 0. The van der Waals surface area contributed by atoms with Crippen LogP contribution in [0.1, 0.15) is 26.3 Å². The van der Waals surface area contributed by atoms with Crippen molar-refractivity contribution < 1.29 is 9.53 Å². The average molecular weight is 253 g/mol. The van der Waals surface area contributed by atoms with Crippen molar-refractivity contribution in [2.75, 3.05) is 6.61 Å². The zero-order valence-electron chi connectivity index (χ0n) is 10.4. The van der Waals surface area contributed by atoms with Crippen LogP contribution < -0.4 is 0 Å². The highest BCUT2D eigenvalue weighted by molar-refractivity contribution is 6.32. The number of benzene rings is 1. The third kappa shape index (κ3) is 4.61. The summed E-state index contributed by atoms with van der Waals surface area (Å²) in [7, 11) is 0. The van der Waals surface area contributed by atoms with Crippen molar-refractivity contribution in [3.63, 3.8) is 0 Å². The topological polar surface area (TPSA) is 26.3 Å². The lowest BCUT2D eigenvalue weighted by Gasteiger charge is -2.12. The van der Waals surface area contributed by atoms with Crippen molar-refractivity contribution in [2.45, 2.75) is 20.8 Å². The number of halogens is 1. The van der Waals surface area contributed by atoms with E-state index < -0.39 is 0 Å². The normalized spacial score (nSPS) is 11.7. The van der Waals surface area contributed by atoms with Crippen LogP contribution in [0.4, 0.5) is 0 Å². The SMILES string of the molecule is CC(=O)OCC(=Cc1ccccc1Cl)C(C)C. The standard InChI is InChI=1S/C14H17ClO2/c1-10(2)13(9-17-11(3)16)8-12-6-4-5-7-14(12)15/h4-8,10H,9H2,1-3H3. The lowest BCUT2D eigenvalue weighted by Crippen LogP contribution is -2.07. The lowest BCUT2D eigenvalue weighted by molar-refractivity contribution is -0.140. The van der Waals surface area contributed by atoms with Crippen molar-refractivity contribution in [2.24, 2.45) is 5.92 Å². The van der Waals surface area contributed by atoms with E-state index in [1.165, 1.54) is 6.92 Å². The molecule has 0 spiro atoms. The molecule has 0 atom stereocenters. The quantitative estimate of drug-likeness (QED) is 0.759. The van der Waals surface area contributed by atoms with E-state index >= 15 is 0 Å². The number of esters is 1. The molecule has 0 saturated carbocycles. The average Bonchev–Trinajstić information content (AvgIpc) is 2.25. The van der Waals surface area contributed by atoms with Crippen LogP contribution in [0.25, 0.3) is 6.08 Å². The number of carbonyl (C=O) groups is 1. The maximum Gasteiger partial charge on any atom is 0.302 e. The monoisotopic (exact) mass is 252 g/mol. The molecule has 0 bridgehead atoms. The molecule has 2 nitrogen and oxygen atoms in total. The van der Waals surface area contributed by atoms with E-state index in [1.54, 1.807) is 0 Å². The van der Waals surface area contributed by atoms with Crippen LogP contribution in [-0.4, -0.2) is 12.6 Å². The Kier molecular flexibility index (Phi) is 5.23. The van der Waals surface area contributed by atoms with Crippen molar-refractivity contribution in [3.05, 3.63) is 40.4 Å². The Morgan fingerprint density at radius 2 is 2.06 bits per heavy atom. The van der Waals surface area contributed by atoms with Crippen molar-refractivity contribution in [1.82, 2.24) is 0 Å². The van der Waals surface area contributed by atoms with Crippen molar-refractivity contribution in [1.29, 1.82) is 0 Å². The molecule has 0 unspecified atom stereocenters. The fraction of sp³-hybridized carbons (Fsp3) is 0.357. The Hall–Kier alpha value is -1.28. The highest BCUT2D eigenvalue weighted by Gasteiger charge is 2.07. The Labute approximate surface area is 107 Å². The van der Waals surface area contributed by atoms with Gasteiger partial charge in [-0.25, -0.2) is 0 Å². The van der Waals surface area contributed by atoms with Crippen molar-refractivity contribution in [3.8, 4) is 0 Å². The summed E-state index contributed by atoms with van der Waals surface area (Å²) in [6.07, 6.45) is 1.98.